The van der Waals surface area contributed by atoms with Crippen LogP contribution in [0, 0.1) is 0 Å². The lowest BCUT2D eigenvalue weighted by Gasteiger charge is -2.17. The SMILES string of the molecule is COc1ccc(OC)c(Cn2cc(S(=O)(=O)N3CCCC3)ccc2=O)c1. The number of benzene rings is 1. The zero-order valence-corrected chi connectivity index (χ0v) is 15.7. The Morgan fingerprint density at radius 1 is 1.04 bits per heavy atom. The Morgan fingerprint density at radius 3 is 2.42 bits per heavy atom. The summed E-state index contributed by atoms with van der Waals surface area (Å²) in [5, 5.41) is 0. The van der Waals surface area contributed by atoms with Crippen LogP contribution in [-0.4, -0.2) is 44.6 Å². The molecular weight excluding hydrogens is 356 g/mol. The third-order valence-electron chi connectivity index (χ3n) is 4.49. The summed E-state index contributed by atoms with van der Waals surface area (Å²) >= 11 is 0. The first kappa shape index (κ1) is 18.5. The van der Waals surface area contributed by atoms with Gasteiger partial charge in [-0.25, -0.2) is 8.42 Å². The van der Waals surface area contributed by atoms with E-state index < -0.39 is 10.0 Å². The molecule has 1 aliphatic rings. The Labute approximate surface area is 152 Å². The highest BCUT2D eigenvalue weighted by molar-refractivity contribution is 7.89. The molecular formula is C18H22N2O5S. The normalized spacial score (nSPS) is 15.2. The zero-order valence-electron chi connectivity index (χ0n) is 14.8. The van der Waals surface area contributed by atoms with Crippen LogP contribution in [0.2, 0.25) is 0 Å². The number of pyridine rings is 1. The van der Waals surface area contributed by atoms with Crippen molar-refractivity contribution in [1.82, 2.24) is 8.87 Å². The van der Waals surface area contributed by atoms with E-state index in [1.54, 1.807) is 32.4 Å². The monoisotopic (exact) mass is 378 g/mol. The molecule has 2 heterocycles. The largest absolute Gasteiger partial charge is 0.497 e. The van der Waals surface area contributed by atoms with Gasteiger partial charge in [-0.15, -0.1) is 0 Å². The first-order chi connectivity index (χ1) is 12.5. The molecule has 1 aliphatic heterocycles. The van der Waals surface area contributed by atoms with Gasteiger partial charge in [0.15, 0.2) is 0 Å². The van der Waals surface area contributed by atoms with Gasteiger partial charge in [-0.05, 0) is 37.1 Å². The van der Waals surface area contributed by atoms with Gasteiger partial charge in [0, 0.05) is 30.9 Å². The molecule has 0 aliphatic carbocycles. The summed E-state index contributed by atoms with van der Waals surface area (Å²) in [4.78, 5) is 12.4. The molecule has 0 N–H and O–H groups in total. The molecule has 0 unspecified atom stereocenters. The molecule has 1 aromatic carbocycles. The minimum atomic E-state index is -3.58. The molecule has 1 fully saturated rings. The summed E-state index contributed by atoms with van der Waals surface area (Å²) in [5.74, 6) is 1.24. The van der Waals surface area contributed by atoms with E-state index in [4.69, 9.17) is 9.47 Å². The first-order valence-corrected chi connectivity index (χ1v) is 9.81. The van der Waals surface area contributed by atoms with Gasteiger partial charge in [0.2, 0.25) is 10.0 Å². The summed E-state index contributed by atoms with van der Waals surface area (Å²) in [6.45, 7) is 1.22. The van der Waals surface area contributed by atoms with Gasteiger partial charge >= 0.3 is 0 Å². The molecule has 26 heavy (non-hydrogen) atoms. The van der Waals surface area contributed by atoms with E-state index in [1.807, 2.05) is 0 Å². The molecule has 1 aromatic heterocycles. The van der Waals surface area contributed by atoms with Crippen molar-refractivity contribution >= 4 is 10.0 Å². The van der Waals surface area contributed by atoms with Gasteiger partial charge in [-0.2, -0.15) is 4.31 Å². The van der Waals surface area contributed by atoms with E-state index in [-0.39, 0.29) is 17.0 Å². The summed E-state index contributed by atoms with van der Waals surface area (Å²) in [6, 6.07) is 7.95. The highest BCUT2D eigenvalue weighted by Gasteiger charge is 2.27. The Bertz CT molecular complexity index is 946. The number of nitrogens with zero attached hydrogens (tertiary/aromatic N) is 2. The molecule has 0 amide bonds. The average Bonchev–Trinajstić information content (AvgIpc) is 3.19. The van der Waals surface area contributed by atoms with Gasteiger partial charge in [0.05, 0.1) is 25.7 Å². The van der Waals surface area contributed by atoms with Crippen molar-refractivity contribution in [3.8, 4) is 11.5 Å². The van der Waals surface area contributed by atoms with Crippen LogP contribution in [0.4, 0.5) is 0 Å². The van der Waals surface area contributed by atoms with Gasteiger partial charge < -0.3 is 14.0 Å². The van der Waals surface area contributed by atoms with Crippen molar-refractivity contribution in [3.05, 3.63) is 52.4 Å². The van der Waals surface area contributed by atoms with E-state index in [9.17, 15) is 13.2 Å². The first-order valence-electron chi connectivity index (χ1n) is 8.37. The van der Waals surface area contributed by atoms with Gasteiger partial charge in [0.25, 0.3) is 5.56 Å². The minimum Gasteiger partial charge on any atom is -0.497 e. The van der Waals surface area contributed by atoms with Crippen LogP contribution < -0.4 is 15.0 Å². The predicted molar refractivity (Wildman–Crippen MR) is 97.3 cm³/mol. The lowest BCUT2D eigenvalue weighted by atomic mass is 10.2. The lowest BCUT2D eigenvalue weighted by molar-refractivity contribution is 0.397. The van der Waals surface area contributed by atoms with E-state index >= 15 is 0 Å². The standard InChI is InChI=1S/C18H22N2O5S/c1-24-15-5-7-17(25-2)14(11-15)12-19-13-16(6-8-18(19)21)26(22,23)20-9-3-4-10-20/h5-8,11,13H,3-4,9-10,12H2,1-2H3. The fourth-order valence-electron chi connectivity index (χ4n) is 3.05. The van der Waals surface area contributed by atoms with Crippen LogP contribution in [0.5, 0.6) is 11.5 Å². The van der Waals surface area contributed by atoms with Crippen LogP contribution in [0.1, 0.15) is 18.4 Å². The summed E-state index contributed by atoms with van der Waals surface area (Å²) in [5.41, 5.74) is 0.444. The van der Waals surface area contributed by atoms with E-state index in [0.29, 0.717) is 24.6 Å². The molecule has 0 saturated carbocycles. The highest BCUT2D eigenvalue weighted by Crippen LogP contribution is 2.25. The molecule has 0 spiro atoms. The molecule has 0 bridgehead atoms. The van der Waals surface area contributed by atoms with Crippen LogP contribution >= 0.6 is 0 Å². The van der Waals surface area contributed by atoms with E-state index in [2.05, 4.69) is 0 Å². The molecule has 3 rings (SSSR count). The number of hydrogen-bond acceptors (Lipinski definition) is 5. The Morgan fingerprint density at radius 2 is 1.77 bits per heavy atom. The smallest absolute Gasteiger partial charge is 0.250 e. The van der Waals surface area contributed by atoms with Gasteiger partial charge in [-0.1, -0.05) is 0 Å². The van der Waals surface area contributed by atoms with Crippen molar-refractivity contribution in [2.24, 2.45) is 0 Å². The number of rotatable bonds is 6. The predicted octanol–water partition coefficient (Wildman–Crippen LogP) is 1.70. The van der Waals surface area contributed by atoms with Crippen molar-refractivity contribution in [2.75, 3.05) is 27.3 Å². The summed E-state index contributed by atoms with van der Waals surface area (Å²) in [6.07, 6.45) is 3.12. The van der Waals surface area contributed by atoms with Crippen molar-refractivity contribution < 1.29 is 17.9 Å². The highest BCUT2D eigenvalue weighted by atomic mass is 32.2. The van der Waals surface area contributed by atoms with E-state index in [0.717, 1.165) is 18.4 Å². The summed E-state index contributed by atoms with van der Waals surface area (Å²) < 4.78 is 38.9. The summed E-state index contributed by atoms with van der Waals surface area (Å²) in [7, 11) is -0.481. The number of ether oxygens (including phenoxy) is 2. The van der Waals surface area contributed by atoms with Crippen LogP contribution in [0.15, 0.2) is 46.2 Å². The second kappa shape index (κ2) is 7.51. The Kier molecular flexibility index (Phi) is 5.33. The Balaban J connectivity index is 1.98. The number of aromatic nitrogens is 1. The molecule has 7 nitrogen and oxygen atoms in total. The second-order valence-corrected chi connectivity index (χ2v) is 8.06. The third kappa shape index (κ3) is 3.61. The fourth-order valence-corrected chi connectivity index (χ4v) is 4.59. The molecule has 0 radical (unpaired) electrons. The van der Waals surface area contributed by atoms with Crippen molar-refractivity contribution in [1.29, 1.82) is 0 Å². The maximum atomic E-state index is 12.7. The van der Waals surface area contributed by atoms with Crippen LogP contribution in [-0.2, 0) is 16.6 Å². The quantitative estimate of drug-likeness (QED) is 0.765. The van der Waals surface area contributed by atoms with Gasteiger partial charge in [0.1, 0.15) is 11.5 Å². The lowest BCUT2D eigenvalue weighted by Crippen LogP contribution is -2.29. The maximum absolute atomic E-state index is 12.7. The third-order valence-corrected chi connectivity index (χ3v) is 6.37. The van der Waals surface area contributed by atoms with Crippen LogP contribution in [0.25, 0.3) is 0 Å². The fraction of sp³-hybridized carbons (Fsp3) is 0.389. The molecule has 1 saturated heterocycles. The molecule has 140 valence electrons. The van der Waals surface area contributed by atoms with Crippen molar-refractivity contribution in [3.63, 3.8) is 0 Å². The number of sulfonamides is 1. The van der Waals surface area contributed by atoms with Crippen molar-refractivity contribution in [2.45, 2.75) is 24.3 Å². The molecule has 0 atom stereocenters. The van der Waals surface area contributed by atoms with E-state index in [1.165, 1.54) is 27.2 Å². The Hall–Kier alpha value is -2.32. The average molecular weight is 378 g/mol. The minimum absolute atomic E-state index is 0.126. The molecule has 2 aromatic rings. The maximum Gasteiger partial charge on any atom is 0.250 e. The molecule has 8 heteroatoms. The number of methoxy groups -OCH3 is 2. The number of hydrogen-bond donors (Lipinski definition) is 0. The second-order valence-electron chi connectivity index (χ2n) is 6.12. The zero-order chi connectivity index (χ0) is 18.7. The topological polar surface area (TPSA) is 77.8 Å². The van der Waals surface area contributed by atoms with Gasteiger partial charge in [-0.3, -0.25) is 4.79 Å². The van der Waals surface area contributed by atoms with Crippen LogP contribution in [0.3, 0.4) is 0 Å².